The van der Waals surface area contributed by atoms with Crippen molar-refractivity contribution in [3.63, 3.8) is 0 Å². The number of nitrogens with one attached hydrogen (secondary N) is 1. The lowest BCUT2D eigenvalue weighted by Gasteiger charge is -2.20. The first-order chi connectivity index (χ1) is 12.8. The van der Waals surface area contributed by atoms with Gasteiger partial charge in [-0.15, -0.1) is 11.8 Å². The average molecular weight is 412 g/mol. The highest BCUT2D eigenvalue weighted by Crippen LogP contribution is 2.24. The molecule has 0 saturated carbocycles. The molecule has 0 fully saturated rings. The zero-order chi connectivity index (χ0) is 20.0. The SMILES string of the molecule is COc1ccc(Cl)cc1CN(C)C(=O)CS[C@@H](C)C(=O)Nc1cc(C)on1. The third kappa shape index (κ3) is 6.18. The number of benzene rings is 1. The smallest absolute Gasteiger partial charge is 0.238 e. The van der Waals surface area contributed by atoms with Gasteiger partial charge in [0, 0.05) is 30.2 Å². The van der Waals surface area contributed by atoms with Gasteiger partial charge in [-0.2, -0.15) is 0 Å². The fourth-order valence-corrected chi connectivity index (χ4v) is 3.27. The molecule has 0 aliphatic carbocycles. The Hall–Kier alpha value is -2.19. The number of nitrogens with zero attached hydrogens (tertiary/aromatic N) is 2. The Labute approximate surface area is 167 Å². The molecule has 146 valence electrons. The number of anilines is 1. The van der Waals surface area contributed by atoms with Crippen LogP contribution < -0.4 is 10.1 Å². The molecule has 27 heavy (non-hydrogen) atoms. The summed E-state index contributed by atoms with van der Waals surface area (Å²) < 4.78 is 10.2. The molecule has 0 spiro atoms. The second-order valence-electron chi connectivity index (χ2n) is 5.97. The van der Waals surface area contributed by atoms with E-state index in [4.69, 9.17) is 20.9 Å². The highest BCUT2D eigenvalue weighted by molar-refractivity contribution is 8.01. The Bertz CT molecular complexity index is 812. The number of rotatable bonds is 8. The maximum Gasteiger partial charge on any atom is 0.238 e. The zero-order valence-electron chi connectivity index (χ0n) is 15.6. The number of methoxy groups -OCH3 is 1. The van der Waals surface area contributed by atoms with Crippen molar-refractivity contribution in [2.24, 2.45) is 0 Å². The molecule has 2 amide bonds. The summed E-state index contributed by atoms with van der Waals surface area (Å²) in [4.78, 5) is 26.1. The maximum atomic E-state index is 12.4. The first-order valence-electron chi connectivity index (χ1n) is 8.22. The number of carbonyl (C=O) groups excluding carboxylic acids is 2. The lowest BCUT2D eigenvalue weighted by molar-refractivity contribution is -0.127. The van der Waals surface area contributed by atoms with E-state index in [0.717, 1.165) is 5.56 Å². The van der Waals surface area contributed by atoms with Crippen LogP contribution in [0.5, 0.6) is 5.75 Å². The van der Waals surface area contributed by atoms with Crippen molar-refractivity contribution < 1.29 is 18.8 Å². The molecule has 0 aliphatic rings. The monoisotopic (exact) mass is 411 g/mol. The maximum absolute atomic E-state index is 12.4. The van der Waals surface area contributed by atoms with Gasteiger partial charge in [0.2, 0.25) is 11.8 Å². The first kappa shape index (κ1) is 21.1. The highest BCUT2D eigenvalue weighted by atomic mass is 35.5. The lowest BCUT2D eigenvalue weighted by Crippen LogP contribution is -2.30. The number of hydrogen-bond donors (Lipinski definition) is 1. The normalized spacial score (nSPS) is 11.7. The molecule has 1 N–H and O–H groups in total. The third-order valence-electron chi connectivity index (χ3n) is 3.78. The molecule has 0 saturated heterocycles. The van der Waals surface area contributed by atoms with Crippen molar-refractivity contribution in [3.05, 3.63) is 40.6 Å². The zero-order valence-corrected chi connectivity index (χ0v) is 17.2. The quantitative estimate of drug-likeness (QED) is 0.716. The largest absolute Gasteiger partial charge is 0.496 e. The van der Waals surface area contributed by atoms with Crippen molar-refractivity contribution in [2.75, 3.05) is 25.2 Å². The number of halogens is 1. The number of hydrogen-bond acceptors (Lipinski definition) is 6. The second kappa shape index (κ2) is 9.66. The Balaban J connectivity index is 1.85. The van der Waals surface area contributed by atoms with E-state index in [9.17, 15) is 9.59 Å². The molecular formula is C18H22ClN3O4S. The fourth-order valence-electron chi connectivity index (χ4n) is 2.25. The van der Waals surface area contributed by atoms with Crippen molar-refractivity contribution in [3.8, 4) is 5.75 Å². The molecule has 2 aromatic rings. The molecule has 1 atom stereocenters. The van der Waals surface area contributed by atoms with Crippen LogP contribution in [-0.4, -0.2) is 47.0 Å². The Kier molecular flexibility index (Phi) is 7.55. The van der Waals surface area contributed by atoms with Crippen LogP contribution in [0.25, 0.3) is 0 Å². The van der Waals surface area contributed by atoms with Crippen molar-refractivity contribution in [2.45, 2.75) is 25.6 Å². The van der Waals surface area contributed by atoms with E-state index in [1.165, 1.54) is 11.8 Å². The highest BCUT2D eigenvalue weighted by Gasteiger charge is 2.19. The van der Waals surface area contributed by atoms with Crippen molar-refractivity contribution in [1.82, 2.24) is 10.1 Å². The van der Waals surface area contributed by atoms with E-state index < -0.39 is 5.25 Å². The number of amides is 2. The number of thioether (sulfide) groups is 1. The summed E-state index contributed by atoms with van der Waals surface area (Å²) in [7, 11) is 3.27. The molecule has 7 nitrogen and oxygen atoms in total. The molecule has 1 aromatic heterocycles. The summed E-state index contributed by atoms with van der Waals surface area (Å²) in [5.41, 5.74) is 0.818. The van der Waals surface area contributed by atoms with Crippen LogP contribution in [0.1, 0.15) is 18.2 Å². The number of ether oxygens (including phenoxy) is 1. The van der Waals surface area contributed by atoms with E-state index in [0.29, 0.717) is 28.9 Å². The summed E-state index contributed by atoms with van der Waals surface area (Å²) in [5.74, 6) is 1.48. The van der Waals surface area contributed by atoms with E-state index in [1.807, 2.05) is 0 Å². The molecule has 0 aliphatic heterocycles. The summed E-state index contributed by atoms with van der Waals surface area (Å²) in [6.07, 6.45) is 0. The molecule has 2 rings (SSSR count). The summed E-state index contributed by atoms with van der Waals surface area (Å²) in [5, 5.41) is 6.54. The predicted molar refractivity (Wildman–Crippen MR) is 106 cm³/mol. The van der Waals surface area contributed by atoms with Crippen LogP contribution in [-0.2, 0) is 16.1 Å². The molecule has 9 heteroatoms. The van der Waals surface area contributed by atoms with Crippen LogP contribution in [0, 0.1) is 6.92 Å². The Morgan fingerprint density at radius 1 is 1.41 bits per heavy atom. The second-order valence-corrected chi connectivity index (χ2v) is 7.74. The Morgan fingerprint density at radius 2 is 2.15 bits per heavy atom. The molecule has 1 heterocycles. The summed E-state index contributed by atoms with van der Waals surface area (Å²) >= 11 is 7.27. The van der Waals surface area contributed by atoms with Gasteiger partial charge < -0.3 is 19.5 Å². The molecule has 1 aromatic carbocycles. The molecular weight excluding hydrogens is 390 g/mol. The average Bonchev–Trinajstić information content (AvgIpc) is 3.04. The molecule has 0 radical (unpaired) electrons. The van der Waals surface area contributed by atoms with Gasteiger partial charge in [0.1, 0.15) is 11.5 Å². The van der Waals surface area contributed by atoms with Gasteiger partial charge in [-0.05, 0) is 32.0 Å². The van der Waals surface area contributed by atoms with Crippen LogP contribution in [0.4, 0.5) is 5.82 Å². The first-order valence-corrected chi connectivity index (χ1v) is 9.65. The molecule has 0 bridgehead atoms. The van der Waals surface area contributed by atoms with Crippen molar-refractivity contribution in [1.29, 1.82) is 0 Å². The van der Waals surface area contributed by atoms with Crippen LogP contribution in [0.15, 0.2) is 28.8 Å². The topological polar surface area (TPSA) is 84.7 Å². The fraction of sp³-hybridized carbons (Fsp3) is 0.389. The lowest BCUT2D eigenvalue weighted by atomic mass is 10.2. The number of carbonyl (C=O) groups is 2. The summed E-state index contributed by atoms with van der Waals surface area (Å²) in [6, 6.07) is 6.90. The summed E-state index contributed by atoms with van der Waals surface area (Å²) in [6.45, 7) is 3.84. The van der Waals surface area contributed by atoms with Crippen LogP contribution in [0.3, 0.4) is 0 Å². The van der Waals surface area contributed by atoms with E-state index >= 15 is 0 Å². The number of aryl methyl sites for hydroxylation is 1. The van der Waals surface area contributed by atoms with Gasteiger partial charge in [0.15, 0.2) is 5.82 Å². The van der Waals surface area contributed by atoms with E-state index in [2.05, 4.69) is 10.5 Å². The van der Waals surface area contributed by atoms with E-state index in [-0.39, 0.29) is 17.6 Å². The predicted octanol–water partition coefficient (Wildman–Crippen LogP) is 3.36. The van der Waals surface area contributed by atoms with Gasteiger partial charge in [-0.25, -0.2) is 0 Å². The van der Waals surface area contributed by atoms with Gasteiger partial charge in [0.25, 0.3) is 0 Å². The Morgan fingerprint density at radius 3 is 2.78 bits per heavy atom. The van der Waals surface area contributed by atoms with Crippen LogP contribution in [0.2, 0.25) is 5.02 Å². The van der Waals surface area contributed by atoms with Gasteiger partial charge in [-0.3, -0.25) is 9.59 Å². The van der Waals surface area contributed by atoms with E-state index in [1.54, 1.807) is 57.2 Å². The van der Waals surface area contributed by atoms with Gasteiger partial charge >= 0.3 is 0 Å². The minimum atomic E-state index is -0.417. The van der Waals surface area contributed by atoms with Crippen LogP contribution >= 0.6 is 23.4 Å². The van der Waals surface area contributed by atoms with Gasteiger partial charge in [0.05, 0.1) is 18.1 Å². The van der Waals surface area contributed by atoms with Crippen molar-refractivity contribution >= 4 is 41.0 Å². The minimum Gasteiger partial charge on any atom is -0.496 e. The van der Waals surface area contributed by atoms with Gasteiger partial charge in [-0.1, -0.05) is 16.8 Å². The number of aromatic nitrogens is 1. The molecule has 0 unspecified atom stereocenters. The minimum absolute atomic E-state index is 0.0982. The standard InChI is InChI=1S/C18H22ClN3O4S/c1-11-7-16(21-26-11)20-18(24)12(2)27-10-17(23)22(3)9-13-8-14(19)5-6-15(13)25-4/h5-8,12H,9-10H2,1-4H3,(H,20,21,24)/t12-/m0/s1. The third-order valence-corrected chi connectivity index (χ3v) is 5.14.